The quantitative estimate of drug-likeness (QED) is 0.0772. The van der Waals surface area contributed by atoms with E-state index in [4.69, 9.17) is 10.2 Å². The number of benzene rings is 6. The standard InChI is InChI=1S/2C21H15N3O4.2CH4O.Fe.3K.2H2O/c2*25-17-7-3-1-5-15(17)19-22-20(16-6-2-4-8-18(16)26)24(23-19)14-11-9-13(10-12-14)21(27)28;2*1-2;;;;;;/h2*1-12,25-26H,(H,27,28);2*2H,1H3;;;;;2*1H2/q;;;;;3*+1;;/p-2. The van der Waals surface area contributed by atoms with Gasteiger partial charge in [0.05, 0.1) is 45.6 Å². The van der Waals surface area contributed by atoms with Crippen molar-refractivity contribution in [2.45, 2.75) is 0 Å². The third kappa shape index (κ3) is 16.0. The maximum absolute atomic E-state index is 11.0. The van der Waals surface area contributed by atoms with Gasteiger partial charge in [0.2, 0.25) is 0 Å². The third-order valence-electron chi connectivity index (χ3n) is 8.49. The van der Waals surface area contributed by atoms with E-state index in [9.17, 15) is 40.2 Å². The van der Waals surface area contributed by atoms with Crippen molar-refractivity contribution in [1.29, 1.82) is 0 Å². The first kappa shape index (κ1) is 65.1. The SMILES string of the molecule is CO.CO.O.O.O=C([O-])c1ccc(-n2nc(-c3ccccc3O)nc2-c2ccccc2O)cc1.O=C([O-])c1ccc(-n2nc(-c3ccccc3O)nc2-c2ccccc2O)cc1.[Fe].[K+].[K+].[K+]. The van der Waals surface area contributed by atoms with Crippen LogP contribution in [0.15, 0.2) is 146 Å². The van der Waals surface area contributed by atoms with E-state index < -0.39 is 11.9 Å². The summed E-state index contributed by atoms with van der Waals surface area (Å²) in [5, 5.41) is 85.8. The number of carbonyl (C=O) groups excluding carboxylic acids is 2. The number of carboxylic acids is 2. The topological polar surface area (TPSA) is 326 Å². The first-order chi connectivity index (χ1) is 29.1. The predicted octanol–water partition coefficient (Wildman–Crippen LogP) is -6.67. The van der Waals surface area contributed by atoms with Crippen LogP contribution < -0.4 is 164 Å². The van der Waals surface area contributed by atoms with E-state index >= 15 is 0 Å². The number of carbonyl (C=O) groups is 2. The first-order valence-electron chi connectivity index (χ1n) is 17.7. The van der Waals surface area contributed by atoms with Crippen LogP contribution in [-0.4, -0.2) is 97.3 Å². The smallest absolute Gasteiger partial charge is 0.545 e. The molecule has 22 heteroatoms. The summed E-state index contributed by atoms with van der Waals surface area (Å²) < 4.78 is 2.96. The van der Waals surface area contributed by atoms with Gasteiger partial charge in [0.1, 0.15) is 23.0 Å². The van der Waals surface area contributed by atoms with Crippen LogP contribution in [0.2, 0.25) is 0 Å². The number of aromatic nitrogens is 6. The molecular formula is C44H40FeK3N6O12+. The Hall–Kier alpha value is -2.99. The molecule has 0 amide bonds. The fraction of sp³-hybridized carbons (Fsp3) is 0.0455. The number of aromatic hydroxyl groups is 4. The Morgan fingerprint density at radius 3 is 0.909 bits per heavy atom. The largest absolute Gasteiger partial charge is 1.00 e. The van der Waals surface area contributed by atoms with Crippen LogP contribution in [0.5, 0.6) is 23.0 Å². The van der Waals surface area contributed by atoms with Crippen LogP contribution in [0.1, 0.15) is 20.7 Å². The molecule has 0 atom stereocenters. The van der Waals surface area contributed by atoms with Gasteiger partial charge in [-0.05, 0) is 83.9 Å². The molecule has 0 spiro atoms. The third-order valence-corrected chi connectivity index (χ3v) is 8.49. The molecule has 66 heavy (non-hydrogen) atoms. The van der Waals surface area contributed by atoms with Gasteiger partial charge in [0, 0.05) is 31.3 Å². The Labute approximate surface area is 516 Å². The Bertz CT molecular complexity index is 2560. The van der Waals surface area contributed by atoms with Crippen LogP contribution in [0, 0.1) is 0 Å². The molecule has 0 aliphatic carbocycles. The number of carboxylic acid groups (broad SMARTS) is 2. The van der Waals surface area contributed by atoms with Crippen molar-refractivity contribution in [3.8, 4) is 79.9 Å². The molecule has 0 saturated carbocycles. The summed E-state index contributed by atoms with van der Waals surface area (Å²) in [4.78, 5) is 31.0. The molecule has 2 aromatic heterocycles. The maximum atomic E-state index is 11.0. The van der Waals surface area contributed by atoms with Crippen molar-refractivity contribution >= 4 is 11.9 Å². The molecule has 328 valence electrons. The molecule has 0 aliphatic heterocycles. The van der Waals surface area contributed by atoms with Crippen molar-refractivity contribution in [2.75, 3.05) is 14.2 Å². The second-order valence-electron chi connectivity index (χ2n) is 12.1. The van der Waals surface area contributed by atoms with Gasteiger partial charge in [0.15, 0.2) is 23.3 Å². The van der Waals surface area contributed by atoms with Crippen LogP contribution in [0.25, 0.3) is 56.9 Å². The minimum atomic E-state index is -1.28. The van der Waals surface area contributed by atoms with Gasteiger partial charge in [-0.1, -0.05) is 72.8 Å². The normalized spacial score (nSPS) is 9.27. The number of hydrogen-bond donors (Lipinski definition) is 6. The van der Waals surface area contributed by atoms with Crippen LogP contribution >= 0.6 is 0 Å². The van der Waals surface area contributed by atoms with Gasteiger partial charge >= 0.3 is 154 Å². The van der Waals surface area contributed by atoms with Crippen molar-refractivity contribution in [1.82, 2.24) is 29.5 Å². The molecule has 0 unspecified atom stereocenters. The van der Waals surface area contributed by atoms with Crippen molar-refractivity contribution in [3.05, 3.63) is 157 Å². The molecular weight excluding hydrogens is 978 g/mol. The number of para-hydroxylation sites is 4. The molecule has 0 saturated heterocycles. The molecule has 8 aromatic rings. The minimum absolute atomic E-state index is 0. The Morgan fingerprint density at radius 1 is 0.424 bits per heavy atom. The van der Waals surface area contributed by atoms with Gasteiger partial charge in [-0.25, -0.2) is 19.3 Å². The fourth-order valence-corrected chi connectivity index (χ4v) is 5.69. The van der Waals surface area contributed by atoms with E-state index in [1.54, 1.807) is 97.1 Å². The van der Waals surface area contributed by atoms with Crippen molar-refractivity contribution in [3.63, 3.8) is 0 Å². The molecule has 18 nitrogen and oxygen atoms in total. The summed E-state index contributed by atoms with van der Waals surface area (Å²) in [6, 6.07) is 38.6. The van der Waals surface area contributed by atoms with E-state index in [2.05, 4.69) is 20.2 Å². The number of hydrogen-bond acceptors (Lipinski definition) is 14. The summed E-state index contributed by atoms with van der Waals surface area (Å²) in [6.45, 7) is 0. The minimum Gasteiger partial charge on any atom is -0.545 e. The average Bonchev–Trinajstić information content (AvgIpc) is 3.92. The molecule has 0 radical (unpaired) electrons. The number of phenols is 4. The summed E-state index contributed by atoms with van der Waals surface area (Å²) in [5.74, 6) is -1.25. The number of phenolic OH excluding ortho intramolecular Hbond substituents is 4. The summed E-state index contributed by atoms with van der Waals surface area (Å²) in [5.41, 5.74) is 2.91. The van der Waals surface area contributed by atoms with Crippen LogP contribution in [0.4, 0.5) is 0 Å². The van der Waals surface area contributed by atoms with Crippen molar-refractivity contribution in [2.24, 2.45) is 0 Å². The number of rotatable bonds is 8. The number of nitrogens with zero attached hydrogens (tertiary/aromatic N) is 6. The van der Waals surface area contributed by atoms with E-state index in [-0.39, 0.29) is 228 Å². The summed E-state index contributed by atoms with van der Waals surface area (Å²) >= 11 is 0. The van der Waals surface area contributed by atoms with Gasteiger partial charge in [-0.2, -0.15) is 0 Å². The summed E-state index contributed by atoms with van der Waals surface area (Å²) in [6.07, 6.45) is 0. The Morgan fingerprint density at radius 2 is 0.667 bits per heavy atom. The van der Waals surface area contributed by atoms with Gasteiger partial charge in [0.25, 0.3) is 0 Å². The molecule has 6 aromatic carbocycles. The second-order valence-corrected chi connectivity index (χ2v) is 12.1. The molecule has 10 N–H and O–H groups in total. The Balaban J connectivity index is 0. The molecule has 0 aliphatic rings. The molecule has 2 heterocycles. The van der Waals surface area contributed by atoms with Crippen LogP contribution in [0.3, 0.4) is 0 Å². The van der Waals surface area contributed by atoms with E-state index in [1.807, 2.05) is 0 Å². The molecule has 0 fully saturated rings. The predicted molar refractivity (Wildman–Crippen MR) is 223 cm³/mol. The fourth-order valence-electron chi connectivity index (χ4n) is 5.69. The number of aliphatic hydroxyl groups excluding tert-OH is 2. The monoisotopic (exact) mass is 1020 g/mol. The first-order valence-corrected chi connectivity index (χ1v) is 17.7. The molecule has 8 rings (SSSR count). The van der Waals surface area contributed by atoms with E-state index in [1.165, 1.54) is 57.9 Å². The van der Waals surface area contributed by atoms with Gasteiger partial charge in [-0.15, -0.1) is 10.2 Å². The zero-order valence-electron chi connectivity index (χ0n) is 36.2. The number of aromatic carboxylic acids is 2. The van der Waals surface area contributed by atoms with Crippen molar-refractivity contribution < 1.29 is 233 Å². The second kappa shape index (κ2) is 31.9. The maximum Gasteiger partial charge on any atom is 1.00 e. The number of aliphatic hydroxyl groups is 2. The zero-order valence-corrected chi connectivity index (χ0v) is 46.7. The van der Waals surface area contributed by atoms with Gasteiger partial charge < -0.3 is 61.4 Å². The zero-order chi connectivity index (χ0) is 43.3. The molecule has 0 bridgehead atoms. The summed E-state index contributed by atoms with van der Waals surface area (Å²) in [7, 11) is 2.00. The van der Waals surface area contributed by atoms with Crippen LogP contribution in [-0.2, 0) is 17.1 Å². The van der Waals surface area contributed by atoms with E-state index in [0.29, 0.717) is 45.3 Å². The Kier molecular flexibility index (Phi) is 31.5. The van der Waals surface area contributed by atoms with Gasteiger partial charge in [-0.3, -0.25) is 0 Å². The average molecular weight is 1020 g/mol. The van der Waals surface area contributed by atoms with E-state index in [0.717, 1.165) is 14.2 Å².